The maximum atomic E-state index is 12.8. The molecule has 1 saturated heterocycles. The number of piperidine rings is 1. The van der Waals surface area contributed by atoms with Crippen molar-refractivity contribution in [2.75, 3.05) is 18.4 Å². The topological polar surface area (TPSA) is 69.6 Å². The van der Waals surface area contributed by atoms with Gasteiger partial charge in [-0.25, -0.2) is 4.79 Å². The first-order chi connectivity index (χ1) is 12.5. The monoisotopic (exact) mass is 352 g/mol. The zero-order valence-electron chi connectivity index (χ0n) is 15.0. The second-order valence-corrected chi connectivity index (χ2v) is 6.74. The summed E-state index contributed by atoms with van der Waals surface area (Å²) in [6.45, 7) is 4.21. The number of rotatable bonds is 5. The molecular weight excluding hydrogens is 328 g/mol. The highest BCUT2D eigenvalue weighted by Gasteiger charge is 2.19. The van der Waals surface area contributed by atoms with Crippen molar-refractivity contribution in [2.45, 2.75) is 32.7 Å². The van der Waals surface area contributed by atoms with Crippen molar-refractivity contribution in [2.24, 2.45) is 0 Å². The quantitative estimate of drug-likeness (QED) is 0.855. The van der Waals surface area contributed by atoms with Crippen LogP contribution in [-0.2, 0) is 6.54 Å². The van der Waals surface area contributed by atoms with Crippen LogP contribution < -0.4 is 5.32 Å². The molecule has 5 heteroatoms. The van der Waals surface area contributed by atoms with E-state index in [0.29, 0.717) is 6.54 Å². The molecule has 1 amide bonds. The zero-order valence-corrected chi connectivity index (χ0v) is 15.0. The van der Waals surface area contributed by atoms with Gasteiger partial charge < -0.3 is 15.3 Å². The fraction of sp³-hybridized carbons (Fsp3) is 0.333. The molecule has 2 aromatic rings. The van der Waals surface area contributed by atoms with Gasteiger partial charge in [0.1, 0.15) is 0 Å². The lowest BCUT2D eigenvalue weighted by molar-refractivity contribution is 0.0694. The van der Waals surface area contributed by atoms with Crippen LogP contribution >= 0.6 is 0 Å². The Hall–Kier alpha value is -2.82. The summed E-state index contributed by atoms with van der Waals surface area (Å²) in [7, 11) is 0. The number of carbonyl (C=O) groups excluding carboxylic acids is 1. The van der Waals surface area contributed by atoms with Crippen molar-refractivity contribution in [1.82, 2.24) is 4.90 Å². The third kappa shape index (κ3) is 4.23. The molecule has 2 N–H and O–H groups in total. The average Bonchev–Trinajstić information content (AvgIpc) is 2.68. The van der Waals surface area contributed by atoms with Crippen LogP contribution in [0.15, 0.2) is 42.5 Å². The first-order valence-corrected chi connectivity index (χ1v) is 9.00. The normalized spacial score (nSPS) is 14.1. The number of aryl methyl sites for hydroxylation is 1. The predicted molar refractivity (Wildman–Crippen MR) is 102 cm³/mol. The summed E-state index contributed by atoms with van der Waals surface area (Å²) in [5.41, 5.74) is 3.88. The lowest BCUT2D eigenvalue weighted by atomic mass is 10.0. The minimum atomic E-state index is -0.927. The zero-order chi connectivity index (χ0) is 18.5. The highest BCUT2D eigenvalue weighted by Crippen LogP contribution is 2.20. The number of aromatic carboxylic acids is 1. The fourth-order valence-electron chi connectivity index (χ4n) is 3.20. The van der Waals surface area contributed by atoms with E-state index in [9.17, 15) is 9.59 Å². The second kappa shape index (κ2) is 8.04. The summed E-state index contributed by atoms with van der Waals surface area (Å²) >= 11 is 0. The number of anilines is 1. The van der Waals surface area contributed by atoms with Crippen molar-refractivity contribution in [3.05, 3.63) is 64.7 Å². The first kappa shape index (κ1) is 18.0. The van der Waals surface area contributed by atoms with Crippen molar-refractivity contribution < 1.29 is 14.7 Å². The number of carbonyl (C=O) groups is 2. The summed E-state index contributed by atoms with van der Waals surface area (Å²) in [4.78, 5) is 25.6. The maximum Gasteiger partial charge on any atom is 0.335 e. The summed E-state index contributed by atoms with van der Waals surface area (Å²) in [5, 5.41) is 12.3. The molecule has 0 aliphatic carbocycles. The lowest BCUT2D eigenvalue weighted by Gasteiger charge is -2.27. The SMILES string of the molecule is Cc1ccc(NCc2ccc(C(=O)O)cc2)cc1C(=O)N1CCCCC1. The molecule has 136 valence electrons. The molecule has 1 fully saturated rings. The Labute approximate surface area is 153 Å². The number of hydrogen-bond acceptors (Lipinski definition) is 3. The smallest absolute Gasteiger partial charge is 0.335 e. The Balaban J connectivity index is 1.68. The molecular formula is C21H24N2O3. The molecule has 0 saturated carbocycles. The van der Waals surface area contributed by atoms with Gasteiger partial charge in [0.25, 0.3) is 5.91 Å². The average molecular weight is 352 g/mol. The molecule has 0 radical (unpaired) electrons. The van der Waals surface area contributed by atoms with E-state index in [1.807, 2.05) is 30.0 Å². The van der Waals surface area contributed by atoms with E-state index in [2.05, 4.69) is 5.32 Å². The van der Waals surface area contributed by atoms with Crippen LogP contribution in [0.2, 0.25) is 0 Å². The molecule has 0 atom stereocenters. The third-order valence-corrected chi connectivity index (χ3v) is 4.81. The van der Waals surface area contributed by atoms with Crippen LogP contribution in [0.1, 0.15) is 51.1 Å². The van der Waals surface area contributed by atoms with Crippen LogP contribution in [0.5, 0.6) is 0 Å². The summed E-state index contributed by atoms with van der Waals surface area (Å²) < 4.78 is 0. The van der Waals surface area contributed by atoms with E-state index >= 15 is 0 Å². The molecule has 5 nitrogen and oxygen atoms in total. The number of nitrogens with zero attached hydrogens (tertiary/aromatic N) is 1. The summed E-state index contributed by atoms with van der Waals surface area (Å²) in [6.07, 6.45) is 3.36. The van der Waals surface area contributed by atoms with Crippen LogP contribution in [0.25, 0.3) is 0 Å². The molecule has 26 heavy (non-hydrogen) atoms. The number of nitrogens with one attached hydrogen (secondary N) is 1. The molecule has 3 rings (SSSR count). The van der Waals surface area contributed by atoms with Crippen molar-refractivity contribution in [3.63, 3.8) is 0 Å². The number of amides is 1. The van der Waals surface area contributed by atoms with E-state index in [1.165, 1.54) is 6.42 Å². The van der Waals surface area contributed by atoms with E-state index < -0.39 is 5.97 Å². The van der Waals surface area contributed by atoms with Gasteiger partial charge in [0.05, 0.1) is 5.56 Å². The second-order valence-electron chi connectivity index (χ2n) is 6.74. The van der Waals surface area contributed by atoms with Gasteiger partial charge in [-0.1, -0.05) is 18.2 Å². The van der Waals surface area contributed by atoms with Crippen molar-refractivity contribution in [3.8, 4) is 0 Å². The molecule has 1 aliphatic heterocycles. The Kier molecular flexibility index (Phi) is 5.56. The Morgan fingerprint density at radius 3 is 2.38 bits per heavy atom. The third-order valence-electron chi connectivity index (χ3n) is 4.81. The highest BCUT2D eigenvalue weighted by molar-refractivity contribution is 5.96. The van der Waals surface area contributed by atoms with Crippen molar-refractivity contribution >= 4 is 17.6 Å². The Bertz CT molecular complexity index is 793. The molecule has 0 aromatic heterocycles. The first-order valence-electron chi connectivity index (χ1n) is 9.00. The number of benzene rings is 2. The summed E-state index contributed by atoms with van der Waals surface area (Å²) in [6, 6.07) is 12.6. The molecule has 2 aromatic carbocycles. The highest BCUT2D eigenvalue weighted by atomic mass is 16.4. The number of carboxylic acid groups (broad SMARTS) is 1. The minimum Gasteiger partial charge on any atom is -0.478 e. The molecule has 0 spiro atoms. The number of likely N-dealkylation sites (tertiary alicyclic amines) is 1. The van der Waals surface area contributed by atoms with Crippen molar-refractivity contribution in [1.29, 1.82) is 0 Å². The van der Waals surface area contributed by atoms with Gasteiger partial charge in [0.15, 0.2) is 0 Å². The Morgan fingerprint density at radius 1 is 1.04 bits per heavy atom. The number of hydrogen-bond donors (Lipinski definition) is 2. The van der Waals surface area contributed by atoms with Crippen LogP contribution in [0, 0.1) is 6.92 Å². The number of carboxylic acids is 1. The van der Waals surface area contributed by atoms with Gasteiger partial charge in [0, 0.05) is 30.9 Å². The van der Waals surface area contributed by atoms with Gasteiger partial charge in [-0.05, 0) is 61.6 Å². The standard InChI is InChI=1S/C21H24N2O3/c1-15-5-10-18(13-19(15)20(24)23-11-3-2-4-12-23)22-14-16-6-8-17(9-7-16)21(25)26/h5-10,13,22H,2-4,11-12,14H2,1H3,(H,25,26). The van der Waals surface area contributed by atoms with Gasteiger partial charge in [-0.2, -0.15) is 0 Å². The lowest BCUT2D eigenvalue weighted by Crippen LogP contribution is -2.36. The van der Waals surface area contributed by atoms with Gasteiger partial charge >= 0.3 is 5.97 Å². The Morgan fingerprint density at radius 2 is 1.73 bits per heavy atom. The predicted octanol–water partition coefficient (Wildman–Crippen LogP) is 3.93. The summed E-state index contributed by atoms with van der Waals surface area (Å²) in [5.74, 6) is -0.819. The van der Waals surface area contributed by atoms with E-state index in [-0.39, 0.29) is 11.5 Å². The molecule has 1 heterocycles. The van der Waals surface area contributed by atoms with Gasteiger partial charge in [-0.3, -0.25) is 4.79 Å². The molecule has 1 aliphatic rings. The van der Waals surface area contributed by atoms with Crippen LogP contribution in [0.4, 0.5) is 5.69 Å². The van der Waals surface area contributed by atoms with Crippen LogP contribution in [-0.4, -0.2) is 35.0 Å². The van der Waals surface area contributed by atoms with E-state index in [1.54, 1.807) is 24.3 Å². The van der Waals surface area contributed by atoms with Gasteiger partial charge in [-0.15, -0.1) is 0 Å². The van der Waals surface area contributed by atoms with E-state index in [0.717, 1.165) is 48.3 Å². The maximum absolute atomic E-state index is 12.8. The van der Waals surface area contributed by atoms with Crippen LogP contribution in [0.3, 0.4) is 0 Å². The molecule has 0 unspecified atom stereocenters. The van der Waals surface area contributed by atoms with Gasteiger partial charge in [0.2, 0.25) is 0 Å². The fourth-order valence-corrected chi connectivity index (χ4v) is 3.20. The molecule has 0 bridgehead atoms. The minimum absolute atomic E-state index is 0.108. The largest absolute Gasteiger partial charge is 0.478 e. The van der Waals surface area contributed by atoms with E-state index in [4.69, 9.17) is 5.11 Å².